The van der Waals surface area contributed by atoms with E-state index in [4.69, 9.17) is 10.9 Å². The van der Waals surface area contributed by atoms with Gasteiger partial charge in [-0.25, -0.2) is 0 Å². The van der Waals surface area contributed by atoms with E-state index >= 15 is 0 Å². The lowest BCUT2D eigenvalue weighted by atomic mass is 9.78. The Morgan fingerprint density at radius 3 is 2.29 bits per heavy atom. The van der Waals surface area contributed by atoms with Gasteiger partial charge in [-0.3, -0.25) is 4.79 Å². The van der Waals surface area contributed by atoms with Crippen LogP contribution in [-0.2, 0) is 4.79 Å². The van der Waals surface area contributed by atoms with Crippen LogP contribution in [0.4, 0.5) is 5.69 Å². The normalized spacial score (nSPS) is 18.8. The molecule has 0 saturated heterocycles. The molecule has 0 unspecified atom stereocenters. The number of nitrogens with zero attached hydrogens (tertiary/aromatic N) is 1. The fourth-order valence-electron chi connectivity index (χ4n) is 2.91. The monoisotopic (exact) mass is 289 g/mol. The highest BCUT2D eigenvalue weighted by Crippen LogP contribution is 2.36. The van der Waals surface area contributed by atoms with Gasteiger partial charge in [0.1, 0.15) is 5.41 Å². The molecule has 0 radical (unpaired) electrons. The van der Waals surface area contributed by atoms with Crippen molar-refractivity contribution in [2.45, 2.75) is 45.4 Å². The molecule has 1 fully saturated rings. The van der Waals surface area contributed by atoms with E-state index in [0.29, 0.717) is 12.8 Å². The van der Waals surface area contributed by atoms with Crippen molar-refractivity contribution in [2.24, 2.45) is 16.3 Å². The van der Waals surface area contributed by atoms with Crippen LogP contribution in [0.3, 0.4) is 0 Å². The van der Waals surface area contributed by atoms with Crippen LogP contribution in [0.1, 0.15) is 44.1 Å². The van der Waals surface area contributed by atoms with Crippen molar-refractivity contribution >= 4 is 17.4 Å². The number of anilines is 1. The molecule has 4 N–H and O–H groups in total. The highest BCUT2D eigenvalue weighted by Gasteiger charge is 2.43. The SMILES string of the molecule is Cc1ccc(NC(=O)C2(C(N)=NO)CCCCCC2)cc1. The van der Waals surface area contributed by atoms with Crippen LogP contribution in [0, 0.1) is 12.3 Å². The Balaban J connectivity index is 2.23. The van der Waals surface area contributed by atoms with E-state index < -0.39 is 5.41 Å². The molecule has 0 spiro atoms. The van der Waals surface area contributed by atoms with E-state index in [2.05, 4.69) is 10.5 Å². The molecule has 0 atom stereocenters. The van der Waals surface area contributed by atoms with E-state index in [-0.39, 0.29) is 11.7 Å². The number of nitrogens with one attached hydrogen (secondary N) is 1. The maximum Gasteiger partial charge on any atom is 0.238 e. The first-order chi connectivity index (χ1) is 10.1. The van der Waals surface area contributed by atoms with Crippen molar-refractivity contribution in [3.8, 4) is 0 Å². The third-order valence-electron chi connectivity index (χ3n) is 4.30. The molecule has 21 heavy (non-hydrogen) atoms. The van der Waals surface area contributed by atoms with Crippen LogP contribution in [0.5, 0.6) is 0 Å². The molecule has 5 nitrogen and oxygen atoms in total. The van der Waals surface area contributed by atoms with E-state index in [1.165, 1.54) is 0 Å². The molecule has 1 aliphatic carbocycles. The van der Waals surface area contributed by atoms with Crippen molar-refractivity contribution in [3.05, 3.63) is 29.8 Å². The van der Waals surface area contributed by atoms with Gasteiger partial charge in [-0.2, -0.15) is 0 Å². The number of hydrogen-bond donors (Lipinski definition) is 3. The van der Waals surface area contributed by atoms with Crippen molar-refractivity contribution in [2.75, 3.05) is 5.32 Å². The van der Waals surface area contributed by atoms with Crippen LogP contribution in [0.25, 0.3) is 0 Å². The van der Waals surface area contributed by atoms with E-state index in [9.17, 15) is 4.79 Å². The molecule has 1 saturated carbocycles. The molecular formula is C16H23N3O2. The molecule has 0 heterocycles. The number of carbonyl (C=O) groups excluding carboxylic acids is 1. The summed E-state index contributed by atoms with van der Waals surface area (Å²) in [4.78, 5) is 12.7. The number of oxime groups is 1. The van der Waals surface area contributed by atoms with Crippen molar-refractivity contribution < 1.29 is 10.0 Å². The molecule has 0 aromatic heterocycles. The second-order valence-electron chi connectivity index (χ2n) is 5.80. The fourth-order valence-corrected chi connectivity index (χ4v) is 2.91. The number of hydrogen-bond acceptors (Lipinski definition) is 3. The van der Waals surface area contributed by atoms with Crippen LogP contribution in [0.2, 0.25) is 0 Å². The third kappa shape index (κ3) is 3.35. The van der Waals surface area contributed by atoms with Gasteiger partial charge >= 0.3 is 0 Å². The Kier molecular flexibility index (Phi) is 4.83. The van der Waals surface area contributed by atoms with E-state index in [0.717, 1.165) is 36.9 Å². The summed E-state index contributed by atoms with van der Waals surface area (Å²) >= 11 is 0. The summed E-state index contributed by atoms with van der Waals surface area (Å²) in [6.45, 7) is 1.99. The molecule has 0 bridgehead atoms. The number of nitrogens with two attached hydrogens (primary N) is 1. The van der Waals surface area contributed by atoms with Crippen molar-refractivity contribution in [1.29, 1.82) is 0 Å². The Hall–Kier alpha value is -2.04. The molecule has 5 heteroatoms. The Bertz CT molecular complexity index is 515. The lowest BCUT2D eigenvalue weighted by Crippen LogP contribution is -2.46. The molecule has 1 aliphatic rings. The first-order valence-corrected chi connectivity index (χ1v) is 7.44. The quantitative estimate of drug-likeness (QED) is 0.263. The van der Waals surface area contributed by atoms with Gasteiger partial charge in [0, 0.05) is 5.69 Å². The number of carbonyl (C=O) groups is 1. The lowest BCUT2D eigenvalue weighted by molar-refractivity contribution is -0.123. The van der Waals surface area contributed by atoms with Gasteiger partial charge < -0.3 is 16.3 Å². The van der Waals surface area contributed by atoms with Crippen LogP contribution >= 0.6 is 0 Å². The van der Waals surface area contributed by atoms with Gasteiger partial charge in [0.05, 0.1) is 0 Å². The topological polar surface area (TPSA) is 87.7 Å². The van der Waals surface area contributed by atoms with Gasteiger partial charge in [-0.15, -0.1) is 0 Å². The van der Waals surface area contributed by atoms with E-state index in [1.54, 1.807) is 0 Å². The Morgan fingerprint density at radius 1 is 1.19 bits per heavy atom. The zero-order valence-electron chi connectivity index (χ0n) is 12.4. The van der Waals surface area contributed by atoms with Gasteiger partial charge in [0.2, 0.25) is 5.91 Å². The molecule has 114 valence electrons. The summed E-state index contributed by atoms with van der Waals surface area (Å²) in [5.74, 6) is -0.155. The summed E-state index contributed by atoms with van der Waals surface area (Å²) in [7, 11) is 0. The molecule has 1 aromatic rings. The number of rotatable bonds is 3. The lowest BCUT2D eigenvalue weighted by Gasteiger charge is -2.29. The fraction of sp³-hybridized carbons (Fsp3) is 0.500. The summed E-state index contributed by atoms with van der Waals surface area (Å²) in [6.07, 6.45) is 5.24. The smallest absolute Gasteiger partial charge is 0.238 e. The minimum Gasteiger partial charge on any atom is -0.409 e. The van der Waals surface area contributed by atoms with Crippen LogP contribution in [-0.4, -0.2) is 17.0 Å². The van der Waals surface area contributed by atoms with Crippen molar-refractivity contribution in [1.82, 2.24) is 0 Å². The maximum absolute atomic E-state index is 12.7. The van der Waals surface area contributed by atoms with E-state index in [1.807, 2.05) is 31.2 Å². The molecule has 1 aromatic carbocycles. The zero-order chi connectivity index (χ0) is 15.3. The predicted octanol–water partition coefficient (Wildman–Crippen LogP) is 3.02. The number of aryl methyl sites for hydroxylation is 1. The second kappa shape index (κ2) is 6.61. The summed E-state index contributed by atoms with van der Waals surface area (Å²) in [5.41, 5.74) is 6.85. The summed E-state index contributed by atoms with van der Waals surface area (Å²) < 4.78 is 0. The maximum atomic E-state index is 12.7. The molecule has 1 amide bonds. The van der Waals surface area contributed by atoms with Crippen molar-refractivity contribution in [3.63, 3.8) is 0 Å². The number of amides is 1. The average molecular weight is 289 g/mol. The Labute approximate surface area is 125 Å². The highest BCUT2D eigenvalue weighted by molar-refractivity contribution is 6.11. The highest BCUT2D eigenvalue weighted by atomic mass is 16.4. The largest absolute Gasteiger partial charge is 0.409 e. The predicted molar refractivity (Wildman–Crippen MR) is 83.4 cm³/mol. The van der Waals surface area contributed by atoms with Gasteiger partial charge in [0.15, 0.2) is 5.84 Å². The number of benzene rings is 1. The third-order valence-corrected chi connectivity index (χ3v) is 4.30. The van der Waals surface area contributed by atoms with Gasteiger partial charge in [-0.05, 0) is 31.9 Å². The first-order valence-electron chi connectivity index (χ1n) is 7.44. The first kappa shape index (κ1) is 15.4. The summed E-state index contributed by atoms with van der Waals surface area (Å²) in [6, 6.07) is 7.62. The van der Waals surface area contributed by atoms with Gasteiger partial charge in [-0.1, -0.05) is 48.5 Å². The molecule has 2 rings (SSSR count). The molecular weight excluding hydrogens is 266 g/mol. The average Bonchev–Trinajstić information content (AvgIpc) is 2.75. The molecule has 0 aliphatic heterocycles. The Morgan fingerprint density at radius 2 is 1.76 bits per heavy atom. The van der Waals surface area contributed by atoms with Gasteiger partial charge in [0.25, 0.3) is 0 Å². The van der Waals surface area contributed by atoms with Crippen LogP contribution in [0.15, 0.2) is 29.4 Å². The number of amidine groups is 1. The minimum atomic E-state index is -0.893. The second-order valence-corrected chi connectivity index (χ2v) is 5.80. The summed E-state index contributed by atoms with van der Waals surface area (Å²) in [5, 5.41) is 15.1. The zero-order valence-corrected chi connectivity index (χ0v) is 12.4. The standard InChI is InChI=1S/C16H23N3O2/c1-12-6-8-13(9-7-12)18-15(20)16(14(17)19-21)10-4-2-3-5-11-16/h6-9,21H,2-5,10-11H2,1H3,(H2,17,19)(H,18,20). The minimum absolute atomic E-state index is 0.0222. The van der Waals surface area contributed by atoms with Crippen LogP contribution < -0.4 is 11.1 Å².